The molecule has 0 atom stereocenters. The average Bonchev–Trinajstić information content (AvgIpc) is 3.06. The van der Waals surface area contributed by atoms with Crippen LogP contribution in [0.25, 0.3) is 10.2 Å². The van der Waals surface area contributed by atoms with Gasteiger partial charge in [-0.25, -0.2) is 4.98 Å². The van der Waals surface area contributed by atoms with Gasteiger partial charge in [0.15, 0.2) is 0 Å². The first-order valence-corrected chi connectivity index (χ1v) is 10.0. The van der Waals surface area contributed by atoms with E-state index < -0.39 is 0 Å². The van der Waals surface area contributed by atoms with Crippen molar-refractivity contribution < 1.29 is 9.59 Å². The number of para-hydroxylation sites is 2. The van der Waals surface area contributed by atoms with Crippen molar-refractivity contribution in [3.05, 3.63) is 53.5 Å². The van der Waals surface area contributed by atoms with E-state index in [2.05, 4.69) is 4.98 Å². The van der Waals surface area contributed by atoms with Crippen LogP contribution < -0.4 is 4.90 Å². The highest BCUT2D eigenvalue weighted by Crippen LogP contribution is 2.34. The maximum atomic E-state index is 12.7. The van der Waals surface area contributed by atoms with Crippen LogP contribution in [0.5, 0.6) is 0 Å². The number of carbonyl (C=O) groups excluding carboxylic acids is 2. The Balaban J connectivity index is 1.48. The lowest BCUT2D eigenvalue weighted by atomic mass is 10.2. The van der Waals surface area contributed by atoms with Crippen LogP contribution in [0.2, 0.25) is 0 Å². The molecule has 0 spiro atoms. The van der Waals surface area contributed by atoms with E-state index in [1.165, 1.54) is 11.8 Å². The Kier molecular flexibility index (Phi) is 4.65. The molecule has 132 valence electrons. The van der Waals surface area contributed by atoms with Crippen LogP contribution in [0.4, 0.5) is 5.69 Å². The molecule has 3 aromatic rings. The summed E-state index contributed by atoms with van der Waals surface area (Å²) in [5.74, 6) is 0.237. The Labute approximate surface area is 159 Å². The van der Waals surface area contributed by atoms with Crippen LogP contribution in [-0.4, -0.2) is 41.0 Å². The van der Waals surface area contributed by atoms with E-state index in [9.17, 15) is 9.59 Å². The van der Waals surface area contributed by atoms with Crippen LogP contribution in [-0.2, 0) is 16.1 Å². The van der Waals surface area contributed by atoms with E-state index in [-0.39, 0.29) is 18.4 Å². The lowest BCUT2D eigenvalue weighted by molar-refractivity contribution is -0.130. The third kappa shape index (κ3) is 3.32. The summed E-state index contributed by atoms with van der Waals surface area (Å²) in [5.41, 5.74) is 1.76. The number of carbonyl (C=O) groups is 2. The fraction of sp³-hybridized carbons (Fsp3) is 0.211. The lowest BCUT2D eigenvalue weighted by Gasteiger charge is -2.29. The summed E-state index contributed by atoms with van der Waals surface area (Å²) in [5, 5.41) is 0.892. The van der Waals surface area contributed by atoms with Crippen molar-refractivity contribution in [3.8, 4) is 0 Å². The van der Waals surface area contributed by atoms with Gasteiger partial charge >= 0.3 is 0 Å². The molecule has 0 saturated carbocycles. The zero-order valence-electron chi connectivity index (χ0n) is 14.2. The smallest absolute Gasteiger partial charge is 0.242 e. The van der Waals surface area contributed by atoms with Crippen molar-refractivity contribution in [3.63, 3.8) is 0 Å². The summed E-state index contributed by atoms with van der Waals surface area (Å²) in [6.45, 7) is 0.494. The highest BCUT2D eigenvalue weighted by Gasteiger charge is 2.27. The van der Waals surface area contributed by atoms with E-state index in [4.69, 9.17) is 0 Å². The number of rotatable bonds is 4. The lowest BCUT2D eigenvalue weighted by Crippen LogP contribution is -2.43. The molecule has 1 aliphatic heterocycles. The molecule has 2 heterocycles. The summed E-state index contributed by atoms with van der Waals surface area (Å²) in [6.07, 6.45) is 0. The van der Waals surface area contributed by atoms with Crippen molar-refractivity contribution in [2.45, 2.75) is 11.4 Å². The molecule has 2 amide bonds. The molecule has 1 aromatic heterocycles. The molecule has 26 heavy (non-hydrogen) atoms. The number of thiazole rings is 1. The third-order valence-corrected chi connectivity index (χ3v) is 6.31. The fourth-order valence-corrected chi connectivity index (χ4v) is 4.82. The maximum absolute atomic E-state index is 12.7. The Morgan fingerprint density at radius 2 is 1.96 bits per heavy atom. The van der Waals surface area contributed by atoms with Crippen molar-refractivity contribution in [2.24, 2.45) is 0 Å². The summed E-state index contributed by atoms with van der Waals surface area (Å²) in [6, 6.07) is 15.6. The highest BCUT2D eigenvalue weighted by molar-refractivity contribution is 8.00. The van der Waals surface area contributed by atoms with Crippen molar-refractivity contribution in [1.29, 1.82) is 0 Å². The van der Waals surface area contributed by atoms with Crippen molar-refractivity contribution in [1.82, 2.24) is 9.88 Å². The summed E-state index contributed by atoms with van der Waals surface area (Å²) in [7, 11) is 1.75. The van der Waals surface area contributed by atoms with Gasteiger partial charge in [0.2, 0.25) is 11.8 Å². The number of fused-ring (bicyclic) bond motifs is 2. The van der Waals surface area contributed by atoms with Gasteiger partial charge in [-0.05, 0) is 24.3 Å². The molecule has 0 saturated heterocycles. The molecule has 0 bridgehead atoms. The predicted octanol–water partition coefficient (Wildman–Crippen LogP) is 3.39. The molecule has 7 heteroatoms. The van der Waals surface area contributed by atoms with Gasteiger partial charge in [-0.1, -0.05) is 24.3 Å². The van der Waals surface area contributed by atoms with Crippen LogP contribution in [0.1, 0.15) is 5.01 Å². The Morgan fingerprint density at radius 1 is 1.19 bits per heavy atom. The average molecular weight is 383 g/mol. The number of likely N-dealkylation sites (N-methyl/N-ethyl adjacent to an activating group) is 1. The van der Waals surface area contributed by atoms with Gasteiger partial charge in [0.25, 0.3) is 0 Å². The van der Waals surface area contributed by atoms with Gasteiger partial charge in [-0.15, -0.1) is 23.1 Å². The fourth-order valence-electron chi connectivity index (χ4n) is 2.86. The van der Waals surface area contributed by atoms with Crippen LogP contribution in [0.3, 0.4) is 0 Å². The quantitative estimate of drug-likeness (QED) is 0.693. The molecule has 0 aliphatic carbocycles. The summed E-state index contributed by atoms with van der Waals surface area (Å²) >= 11 is 3.11. The van der Waals surface area contributed by atoms with Gasteiger partial charge in [0.1, 0.15) is 11.6 Å². The van der Waals surface area contributed by atoms with Gasteiger partial charge in [-0.2, -0.15) is 0 Å². The Morgan fingerprint density at radius 3 is 2.81 bits per heavy atom. The molecular weight excluding hydrogens is 366 g/mol. The van der Waals surface area contributed by atoms with Gasteiger partial charge in [0, 0.05) is 11.9 Å². The minimum Gasteiger partial charge on any atom is -0.337 e. The largest absolute Gasteiger partial charge is 0.337 e. The molecule has 2 aromatic carbocycles. The molecule has 4 rings (SSSR count). The van der Waals surface area contributed by atoms with Gasteiger partial charge < -0.3 is 9.80 Å². The second-order valence-corrected chi connectivity index (χ2v) is 8.19. The molecule has 1 aliphatic rings. The maximum Gasteiger partial charge on any atom is 0.242 e. The number of amides is 2. The first-order valence-electron chi connectivity index (χ1n) is 8.22. The SMILES string of the molecule is CN(Cc1nc2ccccc2s1)C(=O)CN1C(=O)CSc2ccccc21. The predicted molar refractivity (Wildman–Crippen MR) is 106 cm³/mol. The zero-order chi connectivity index (χ0) is 18.1. The number of hydrogen-bond donors (Lipinski definition) is 0. The van der Waals surface area contributed by atoms with E-state index in [1.807, 2.05) is 48.5 Å². The highest BCUT2D eigenvalue weighted by atomic mass is 32.2. The minimum absolute atomic E-state index is 0.0320. The van der Waals surface area contributed by atoms with E-state index in [0.29, 0.717) is 12.3 Å². The second kappa shape index (κ2) is 7.09. The topological polar surface area (TPSA) is 53.5 Å². The zero-order valence-corrected chi connectivity index (χ0v) is 15.8. The normalized spacial score (nSPS) is 13.7. The summed E-state index contributed by atoms with van der Waals surface area (Å²) < 4.78 is 1.11. The molecule has 0 fully saturated rings. The molecule has 0 radical (unpaired) electrons. The third-order valence-electron chi connectivity index (χ3n) is 4.24. The van der Waals surface area contributed by atoms with Crippen LogP contribution in [0.15, 0.2) is 53.4 Å². The van der Waals surface area contributed by atoms with Crippen LogP contribution in [0, 0.1) is 0 Å². The number of hydrogen-bond acceptors (Lipinski definition) is 5. The molecule has 0 N–H and O–H groups in total. The molecule has 5 nitrogen and oxygen atoms in total. The summed E-state index contributed by atoms with van der Waals surface area (Å²) in [4.78, 5) is 33.8. The first kappa shape index (κ1) is 17.1. The number of nitrogens with zero attached hydrogens (tertiary/aromatic N) is 3. The minimum atomic E-state index is -0.0979. The molecule has 0 unspecified atom stereocenters. The van der Waals surface area contributed by atoms with Crippen molar-refractivity contribution in [2.75, 3.05) is 24.2 Å². The van der Waals surface area contributed by atoms with Crippen LogP contribution >= 0.6 is 23.1 Å². The Hall–Kier alpha value is -2.38. The monoisotopic (exact) mass is 383 g/mol. The molecular formula is C19H17N3O2S2. The number of thioether (sulfide) groups is 1. The number of aromatic nitrogens is 1. The van der Waals surface area contributed by atoms with E-state index in [0.717, 1.165) is 25.8 Å². The van der Waals surface area contributed by atoms with E-state index in [1.54, 1.807) is 28.2 Å². The number of anilines is 1. The standard InChI is InChI=1S/C19H17N3O2S2/c1-21(10-17-20-13-6-2-4-8-15(13)26-17)18(23)11-22-14-7-3-5-9-16(14)25-12-19(22)24/h2-9H,10-12H2,1H3. The van der Waals surface area contributed by atoms with Gasteiger partial charge in [0.05, 0.1) is 28.2 Å². The number of benzene rings is 2. The second-order valence-electron chi connectivity index (χ2n) is 6.06. The first-order chi connectivity index (χ1) is 12.6. The Bertz CT molecular complexity index is 953. The van der Waals surface area contributed by atoms with Crippen molar-refractivity contribution >= 4 is 50.8 Å². The van der Waals surface area contributed by atoms with Gasteiger partial charge in [-0.3, -0.25) is 9.59 Å². The van der Waals surface area contributed by atoms with E-state index >= 15 is 0 Å².